The van der Waals surface area contributed by atoms with Gasteiger partial charge < -0.3 is 9.84 Å². The van der Waals surface area contributed by atoms with Gasteiger partial charge in [-0.1, -0.05) is 6.07 Å². The second-order valence-corrected chi connectivity index (χ2v) is 7.40. The number of methoxy groups -OCH3 is 1. The zero-order chi connectivity index (χ0) is 23.4. The minimum absolute atomic E-state index is 0.119. The van der Waals surface area contributed by atoms with Crippen LogP contribution in [-0.2, 0) is 13.1 Å². The van der Waals surface area contributed by atoms with Gasteiger partial charge in [0.05, 0.1) is 56.3 Å². The van der Waals surface area contributed by atoms with E-state index in [-0.39, 0.29) is 48.5 Å². The molecule has 0 atom stereocenters. The fraction of sp³-hybridized carbons (Fsp3) is 0.364. The molecule has 0 aliphatic rings. The maximum Gasteiger partial charge on any atom is 0.270 e. The van der Waals surface area contributed by atoms with E-state index < -0.39 is 5.92 Å². The number of nitrogens with zero attached hydrogens (tertiary/aromatic N) is 4. The highest BCUT2D eigenvalue weighted by atomic mass is 16.5. The number of hydrogen-bond acceptors (Lipinski definition) is 6. The summed E-state index contributed by atoms with van der Waals surface area (Å²) >= 11 is 0. The van der Waals surface area contributed by atoms with Crippen molar-refractivity contribution in [2.24, 2.45) is 0 Å². The number of benzene rings is 1. The quantitative estimate of drug-likeness (QED) is 0.491. The second-order valence-electron chi connectivity index (χ2n) is 7.40. The van der Waals surface area contributed by atoms with Crippen molar-refractivity contribution in [2.45, 2.75) is 45.7 Å². The van der Waals surface area contributed by atoms with Gasteiger partial charge >= 0.3 is 0 Å². The number of phenolic OH excluding ortho intramolecular Hbond substituents is 1. The SMILES string of the molecule is COc1ccc(C(c2c(C)[nH]n(CCC#N)c2=O)c2c(C)[nH]n(CCC#N)c2=O)cc1O. The lowest BCUT2D eigenvalue weighted by molar-refractivity contribution is 0.373. The number of phenols is 1. The van der Waals surface area contributed by atoms with Crippen molar-refractivity contribution in [3.05, 3.63) is 67.0 Å². The Morgan fingerprint density at radius 3 is 1.91 bits per heavy atom. The van der Waals surface area contributed by atoms with Crippen LogP contribution in [0.5, 0.6) is 11.5 Å². The minimum atomic E-state index is -0.786. The molecular formula is C22H24N6O4. The Balaban J connectivity index is 2.28. The summed E-state index contributed by atoms with van der Waals surface area (Å²) in [6.45, 7) is 3.84. The smallest absolute Gasteiger partial charge is 0.270 e. The maximum absolute atomic E-state index is 13.3. The first-order valence-electron chi connectivity index (χ1n) is 10.0. The lowest BCUT2D eigenvalue weighted by atomic mass is 9.85. The van der Waals surface area contributed by atoms with Crippen LogP contribution in [0.3, 0.4) is 0 Å². The van der Waals surface area contributed by atoms with E-state index in [9.17, 15) is 14.7 Å². The van der Waals surface area contributed by atoms with Crippen molar-refractivity contribution in [2.75, 3.05) is 7.11 Å². The number of aromatic amines is 2. The van der Waals surface area contributed by atoms with Gasteiger partial charge in [-0.25, -0.2) is 0 Å². The average molecular weight is 436 g/mol. The van der Waals surface area contributed by atoms with Gasteiger partial charge in [-0.3, -0.25) is 29.2 Å². The predicted octanol–water partition coefficient (Wildman–Crippen LogP) is 2.00. The van der Waals surface area contributed by atoms with Gasteiger partial charge in [0.25, 0.3) is 11.1 Å². The van der Waals surface area contributed by atoms with E-state index in [0.717, 1.165) is 0 Å². The highest BCUT2D eigenvalue weighted by molar-refractivity contribution is 5.50. The van der Waals surface area contributed by atoms with E-state index in [2.05, 4.69) is 10.2 Å². The van der Waals surface area contributed by atoms with E-state index in [1.165, 1.54) is 22.5 Å². The summed E-state index contributed by atoms with van der Waals surface area (Å²) in [6, 6.07) is 8.77. The number of ether oxygens (including phenoxy) is 1. The van der Waals surface area contributed by atoms with E-state index in [1.54, 1.807) is 26.0 Å². The van der Waals surface area contributed by atoms with Crippen molar-refractivity contribution in [1.29, 1.82) is 10.5 Å². The van der Waals surface area contributed by atoms with Gasteiger partial charge in [-0.2, -0.15) is 10.5 Å². The van der Waals surface area contributed by atoms with Gasteiger partial charge in [0.15, 0.2) is 11.5 Å². The molecule has 3 aromatic rings. The van der Waals surface area contributed by atoms with Crippen molar-refractivity contribution < 1.29 is 9.84 Å². The molecule has 0 aliphatic heterocycles. The first kappa shape index (κ1) is 22.5. The summed E-state index contributed by atoms with van der Waals surface area (Å²) in [6.07, 6.45) is 0.300. The molecule has 10 nitrogen and oxygen atoms in total. The number of nitrogens with one attached hydrogen (secondary N) is 2. The van der Waals surface area contributed by atoms with Crippen molar-refractivity contribution in [3.63, 3.8) is 0 Å². The third-order valence-electron chi connectivity index (χ3n) is 5.37. The van der Waals surface area contributed by atoms with E-state index in [1.807, 2.05) is 12.1 Å². The zero-order valence-corrected chi connectivity index (χ0v) is 18.1. The summed E-state index contributed by atoms with van der Waals surface area (Å²) in [5, 5.41) is 34.1. The number of rotatable bonds is 8. The fourth-order valence-corrected chi connectivity index (χ4v) is 3.92. The number of nitriles is 2. The molecule has 3 N–H and O–H groups in total. The summed E-state index contributed by atoms with van der Waals surface area (Å²) in [5.74, 6) is -0.640. The van der Waals surface area contributed by atoms with Gasteiger partial charge in [-0.05, 0) is 31.5 Å². The number of aromatic nitrogens is 4. The van der Waals surface area contributed by atoms with Gasteiger partial charge in [-0.15, -0.1) is 0 Å². The van der Waals surface area contributed by atoms with Crippen LogP contribution in [0.2, 0.25) is 0 Å². The third-order valence-corrected chi connectivity index (χ3v) is 5.37. The summed E-state index contributed by atoms with van der Waals surface area (Å²) < 4.78 is 7.82. The molecule has 0 saturated heterocycles. The standard InChI is InChI=1S/C22H24N6O4/c1-13-18(21(30)27(25-13)10-4-8-23)20(15-6-7-17(32-3)16(29)12-15)19-14(2)26-28(22(19)31)11-5-9-24/h6-7,12,20,25-26,29H,4-5,10-11H2,1-3H3. The Morgan fingerprint density at radius 1 is 1.00 bits per heavy atom. The van der Waals surface area contributed by atoms with E-state index in [0.29, 0.717) is 28.1 Å². The van der Waals surface area contributed by atoms with Crippen LogP contribution in [0.25, 0.3) is 0 Å². The molecule has 0 saturated carbocycles. The Kier molecular flexibility index (Phi) is 6.55. The molecular weight excluding hydrogens is 412 g/mol. The van der Waals surface area contributed by atoms with Crippen LogP contribution >= 0.6 is 0 Å². The molecule has 0 aliphatic carbocycles. The van der Waals surface area contributed by atoms with Crippen LogP contribution in [0, 0.1) is 36.5 Å². The molecule has 0 amide bonds. The molecule has 32 heavy (non-hydrogen) atoms. The predicted molar refractivity (Wildman–Crippen MR) is 116 cm³/mol. The monoisotopic (exact) mass is 436 g/mol. The van der Waals surface area contributed by atoms with E-state index in [4.69, 9.17) is 15.3 Å². The maximum atomic E-state index is 13.3. The molecule has 0 radical (unpaired) electrons. The first-order chi connectivity index (χ1) is 15.3. The Morgan fingerprint density at radius 2 is 1.50 bits per heavy atom. The topological polar surface area (TPSA) is 153 Å². The molecule has 0 spiro atoms. The van der Waals surface area contributed by atoms with Crippen molar-refractivity contribution in [3.8, 4) is 23.6 Å². The van der Waals surface area contributed by atoms with Crippen LogP contribution < -0.4 is 15.9 Å². The normalized spacial score (nSPS) is 10.8. The number of hydrogen-bond donors (Lipinski definition) is 3. The third kappa shape index (κ3) is 4.03. The number of H-pyrrole nitrogens is 2. The largest absolute Gasteiger partial charge is 0.504 e. The number of aryl methyl sites for hydroxylation is 4. The van der Waals surface area contributed by atoms with Gasteiger partial charge in [0.1, 0.15) is 0 Å². The van der Waals surface area contributed by atoms with E-state index >= 15 is 0 Å². The lowest BCUT2D eigenvalue weighted by Gasteiger charge is -2.17. The summed E-state index contributed by atoms with van der Waals surface area (Å²) in [4.78, 5) is 26.5. The number of aromatic hydroxyl groups is 1. The Labute approximate surface area is 183 Å². The molecule has 3 rings (SSSR count). The molecule has 2 heterocycles. The molecule has 1 aromatic carbocycles. The Bertz CT molecular complexity index is 1250. The molecule has 0 fully saturated rings. The van der Waals surface area contributed by atoms with Crippen molar-refractivity contribution in [1.82, 2.24) is 19.6 Å². The molecule has 166 valence electrons. The fourth-order valence-electron chi connectivity index (χ4n) is 3.92. The van der Waals surface area contributed by atoms with Crippen LogP contribution in [-0.4, -0.2) is 31.8 Å². The molecule has 10 heteroatoms. The minimum Gasteiger partial charge on any atom is -0.504 e. The highest BCUT2D eigenvalue weighted by Gasteiger charge is 2.30. The van der Waals surface area contributed by atoms with Crippen LogP contribution in [0.15, 0.2) is 27.8 Å². The van der Waals surface area contributed by atoms with Crippen LogP contribution in [0.1, 0.15) is 46.8 Å². The molecule has 0 bridgehead atoms. The Hall–Kier alpha value is -4.18. The zero-order valence-electron chi connectivity index (χ0n) is 18.1. The van der Waals surface area contributed by atoms with Crippen molar-refractivity contribution >= 4 is 0 Å². The van der Waals surface area contributed by atoms with Gasteiger partial charge in [0.2, 0.25) is 0 Å². The molecule has 0 unspecified atom stereocenters. The summed E-state index contributed by atoms with van der Waals surface area (Å²) in [5.41, 5.74) is 1.64. The van der Waals surface area contributed by atoms with Gasteiger partial charge in [0, 0.05) is 17.3 Å². The first-order valence-corrected chi connectivity index (χ1v) is 10.0. The molecule has 2 aromatic heterocycles. The average Bonchev–Trinajstić information content (AvgIpc) is 3.21. The van der Waals surface area contributed by atoms with Crippen LogP contribution in [0.4, 0.5) is 0 Å². The second kappa shape index (κ2) is 9.31. The summed E-state index contributed by atoms with van der Waals surface area (Å²) in [7, 11) is 1.43. The highest BCUT2D eigenvalue weighted by Crippen LogP contribution is 2.36. The lowest BCUT2D eigenvalue weighted by Crippen LogP contribution is -2.26.